The number of methoxy groups -OCH3 is 2. The van der Waals surface area contributed by atoms with Crippen LogP contribution in [0.25, 0.3) is 11.0 Å². The van der Waals surface area contributed by atoms with E-state index in [2.05, 4.69) is 4.98 Å². The lowest BCUT2D eigenvalue weighted by Crippen LogP contribution is -2.13. The summed E-state index contributed by atoms with van der Waals surface area (Å²) in [6.07, 6.45) is 0. The van der Waals surface area contributed by atoms with E-state index in [1.165, 1.54) is 0 Å². The van der Waals surface area contributed by atoms with Crippen LogP contribution in [0.3, 0.4) is 0 Å². The van der Waals surface area contributed by atoms with E-state index in [1.54, 1.807) is 14.2 Å². The number of rotatable bonds is 4. The second-order valence-electron chi connectivity index (χ2n) is 4.00. The van der Waals surface area contributed by atoms with Gasteiger partial charge in [-0.1, -0.05) is 0 Å². The number of hydrogen-bond acceptors (Lipinski definition) is 4. The summed E-state index contributed by atoms with van der Waals surface area (Å²) in [6, 6.07) is 5.85. The van der Waals surface area contributed by atoms with Gasteiger partial charge in [-0.05, 0) is 19.1 Å². The number of nitrogen functional groups attached to an aromatic ring is 1. The topological polar surface area (TPSA) is 62.3 Å². The van der Waals surface area contributed by atoms with Gasteiger partial charge in [-0.2, -0.15) is 0 Å². The van der Waals surface area contributed by atoms with Gasteiger partial charge >= 0.3 is 0 Å². The fourth-order valence-electron chi connectivity index (χ4n) is 2.00. The Kier molecular flexibility index (Phi) is 3.19. The molecule has 1 aromatic carbocycles. The Balaban J connectivity index is 2.55. The van der Waals surface area contributed by atoms with Gasteiger partial charge in [0.15, 0.2) is 0 Å². The molecule has 1 unspecified atom stereocenters. The van der Waals surface area contributed by atoms with Gasteiger partial charge in [-0.3, -0.25) is 0 Å². The SMILES string of the molecule is COCC(C)n1c(N)nc2ccc(OC)cc21. The van der Waals surface area contributed by atoms with E-state index in [0.29, 0.717) is 12.6 Å². The first-order chi connectivity index (χ1) is 8.17. The summed E-state index contributed by atoms with van der Waals surface area (Å²) in [6.45, 7) is 2.63. The maximum Gasteiger partial charge on any atom is 0.201 e. The molecule has 0 bridgehead atoms. The highest BCUT2D eigenvalue weighted by Gasteiger charge is 2.14. The van der Waals surface area contributed by atoms with Crippen molar-refractivity contribution in [2.24, 2.45) is 0 Å². The van der Waals surface area contributed by atoms with Crippen LogP contribution in [-0.4, -0.2) is 30.4 Å². The normalized spacial score (nSPS) is 12.9. The lowest BCUT2D eigenvalue weighted by molar-refractivity contribution is 0.164. The van der Waals surface area contributed by atoms with Crippen molar-refractivity contribution in [3.8, 4) is 5.75 Å². The predicted octanol–water partition coefficient (Wildman–Crippen LogP) is 1.83. The number of imidazole rings is 1. The van der Waals surface area contributed by atoms with Crippen molar-refractivity contribution in [2.45, 2.75) is 13.0 Å². The van der Waals surface area contributed by atoms with Gasteiger partial charge in [0.1, 0.15) is 5.75 Å². The van der Waals surface area contributed by atoms with Crippen molar-refractivity contribution in [2.75, 3.05) is 26.6 Å². The molecule has 0 aliphatic heterocycles. The van der Waals surface area contributed by atoms with Gasteiger partial charge in [0, 0.05) is 13.2 Å². The molecule has 0 amide bonds. The zero-order chi connectivity index (χ0) is 12.4. The van der Waals surface area contributed by atoms with Crippen LogP contribution in [0.15, 0.2) is 18.2 Å². The van der Waals surface area contributed by atoms with Crippen LogP contribution < -0.4 is 10.5 Å². The molecule has 0 saturated carbocycles. The molecule has 1 aromatic heterocycles. The van der Waals surface area contributed by atoms with E-state index < -0.39 is 0 Å². The monoisotopic (exact) mass is 235 g/mol. The molecule has 0 spiro atoms. The van der Waals surface area contributed by atoms with Crippen LogP contribution >= 0.6 is 0 Å². The Morgan fingerprint density at radius 2 is 2.18 bits per heavy atom. The van der Waals surface area contributed by atoms with Gasteiger partial charge in [-0.25, -0.2) is 4.98 Å². The zero-order valence-corrected chi connectivity index (χ0v) is 10.3. The van der Waals surface area contributed by atoms with Gasteiger partial charge in [0.2, 0.25) is 5.95 Å². The Morgan fingerprint density at radius 1 is 1.41 bits per heavy atom. The maximum absolute atomic E-state index is 5.93. The van der Waals surface area contributed by atoms with Gasteiger partial charge < -0.3 is 19.8 Å². The van der Waals surface area contributed by atoms with Gasteiger partial charge in [0.25, 0.3) is 0 Å². The molecule has 2 N–H and O–H groups in total. The molecule has 5 nitrogen and oxygen atoms in total. The van der Waals surface area contributed by atoms with Crippen molar-refractivity contribution in [3.63, 3.8) is 0 Å². The minimum atomic E-state index is 0.136. The van der Waals surface area contributed by atoms with Crippen molar-refractivity contribution < 1.29 is 9.47 Å². The molecule has 2 aromatic rings. The molecular weight excluding hydrogens is 218 g/mol. The second kappa shape index (κ2) is 4.63. The average molecular weight is 235 g/mol. The van der Waals surface area contributed by atoms with Crippen molar-refractivity contribution in [1.82, 2.24) is 9.55 Å². The fourth-order valence-corrected chi connectivity index (χ4v) is 2.00. The van der Waals surface area contributed by atoms with Gasteiger partial charge in [-0.15, -0.1) is 0 Å². The number of aromatic nitrogens is 2. The van der Waals surface area contributed by atoms with E-state index >= 15 is 0 Å². The van der Waals surface area contributed by atoms with Crippen LogP contribution in [-0.2, 0) is 4.74 Å². The molecule has 92 valence electrons. The summed E-state index contributed by atoms with van der Waals surface area (Å²) in [5, 5.41) is 0. The standard InChI is InChI=1S/C12H17N3O2/c1-8(7-16-2)15-11-6-9(17-3)4-5-10(11)14-12(15)13/h4-6,8H,7H2,1-3H3,(H2,13,14). The number of fused-ring (bicyclic) bond motifs is 1. The molecule has 0 aliphatic carbocycles. The molecule has 17 heavy (non-hydrogen) atoms. The largest absolute Gasteiger partial charge is 0.497 e. The molecule has 5 heteroatoms. The summed E-state index contributed by atoms with van der Waals surface area (Å²) in [5.41, 5.74) is 7.76. The van der Waals surface area contributed by atoms with E-state index in [1.807, 2.05) is 29.7 Å². The first-order valence-corrected chi connectivity index (χ1v) is 5.47. The summed E-state index contributed by atoms with van der Waals surface area (Å²) >= 11 is 0. The van der Waals surface area contributed by atoms with E-state index in [9.17, 15) is 0 Å². The lowest BCUT2D eigenvalue weighted by Gasteiger charge is -2.15. The van der Waals surface area contributed by atoms with Crippen molar-refractivity contribution >= 4 is 17.0 Å². The van der Waals surface area contributed by atoms with Crippen LogP contribution in [0.1, 0.15) is 13.0 Å². The van der Waals surface area contributed by atoms with Crippen molar-refractivity contribution in [3.05, 3.63) is 18.2 Å². The molecule has 0 saturated heterocycles. The molecule has 2 rings (SSSR count). The van der Waals surface area contributed by atoms with Crippen LogP contribution in [0, 0.1) is 0 Å². The zero-order valence-electron chi connectivity index (χ0n) is 10.3. The van der Waals surface area contributed by atoms with Crippen LogP contribution in [0.4, 0.5) is 5.95 Å². The van der Waals surface area contributed by atoms with E-state index in [-0.39, 0.29) is 6.04 Å². The van der Waals surface area contributed by atoms with Gasteiger partial charge in [0.05, 0.1) is 30.8 Å². The minimum absolute atomic E-state index is 0.136. The maximum atomic E-state index is 5.93. The Morgan fingerprint density at radius 3 is 2.82 bits per heavy atom. The Labute approximate surface area is 100 Å². The molecule has 0 radical (unpaired) electrons. The van der Waals surface area contributed by atoms with E-state index in [4.69, 9.17) is 15.2 Å². The molecule has 1 heterocycles. The highest BCUT2D eigenvalue weighted by atomic mass is 16.5. The Bertz CT molecular complexity index is 522. The first-order valence-electron chi connectivity index (χ1n) is 5.47. The number of anilines is 1. The highest BCUT2D eigenvalue weighted by Crippen LogP contribution is 2.26. The fraction of sp³-hybridized carbons (Fsp3) is 0.417. The summed E-state index contributed by atoms with van der Waals surface area (Å²) in [7, 11) is 3.32. The summed E-state index contributed by atoms with van der Waals surface area (Å²) < 4.78 is 12.3. The number of hydrogen-bond donors (Lipinski definition) is 1. The molecular formula is C12H17N3O2. The molecule has 0 fully saturated rings. The van der Waals surface area contributed by atoms with E-state index in [0.717, 1.165) is 16.8 Å². The summed E-state index contributed by atoms with van der Waals surface area (Å²) in [5.74, 6) is 1.29. The highest BCUT2D eigenvalue weighted by molar-refractivity contribution is 5.80. The second-order valence-corrected chi connectivity index (χ2v) is 4.00. The number of ether oxygens (including phenoxy) is 2. The predicted molar refractivity (Wildman–Crippen MR) is 67.3 cm³/mol. The molecule has 0 aliphatic rings. The third-order valence-corrected chi connectivity index (χ3v) is 2.77. The third-order valence-electron chi connectivity index (χ3n) is 2.77. The third kappa shape index (κ3) is 2.06. The number of nitrogens with zero attached hydrogens (tertiary/aromatic N) is 2. The van der Waals surface area contributed by atoms with Crippen molar-refractivity contribution in [1.29, 1.82) is 0 Å². The summed E-state index contributed by atoms with van der Waals surface area (Å²) in [4.78, 5) is 4.32. The molecule has 1 atom stereocenters. The number of benzene rings is 1. The lowest BCUT2D eigenvalue weighted by atomic mass is 10.2. The first kappa shape index (κ1) is 11.7. The van der Waals surface area contributed by atoms with Crippen LogP contribution in [0.2, 0.25) is 0 Å². The van der Waals surface area contributed by atoms with Crippen LogP contribution in [0.5, 0.6) is 5.75 Å². The number of nitrogens with two attached hydrogens (primary N) is 1. The smallest absolute Gasteiger partial charge is 0.201 e. The quantitative estimate of drug-likeness (QED) is 0.878. The average Bonchev–Trinajstić information content (AvgIpc) is 2.64. The Hall–Kier alpha value is -1.75. The minimum Gasteiger partial charge on any atom is -0.497 e.